The van der Waals surface area contributed by atoms with Crippen LogP contribution in [0, 0.1) is 5.82 Å². The molecule has 0 aromatic heterocycles. The molecule has 0 spiro atoms. The second-order valence-electron chi connectivity index (χ2n) is 4.45. The number of benzene rings is 1. The minimum absolute atomic E-state index is 0.0307. The van der Waals surface area contributed by atoms with Gasteiger partial charge in [0.1, 0.15) is 5.82 Å². The molecule has 1 heterocycles. The van der Waals surface area contributed by atoms with Gasteiger partial charge in [0.25, 0.3) is 0 Å². The second-order valence-corrected chi connectivity index (χ2v) is 6.43. The molecular formula is C12H13BrFNO. The fourth-order valence-electron chi connectivity index (χ4n) is 1.88. The van der Waals surface area contributed by atoms with Gasteiger partial charge in [-0.25, -0.2) is 4.39 Å². The Hall–Kier alpha value is -0.900. The summed E-state index contributed by atoms with van der Waals surface area (Å²) in [5.41, 5.74) is 1.74. The summed E-state index contributed by atoms with van der Waals surface area (Å²) in [7, 11) is 0. The lowest BCUT2D eigenvalue weighted by molar-refractivity contribution is -0.119. The number of hydrogen-bond acceptors (Lipinski definition) is 1. The predicted molar refractivity (Wildman–Crippen MR) is 65.5 cm³/mol. The molecule has 0 fully saturated rings. The maximum atomic E-state index is 13.1. The minimum Gasteiger partial charge on any atom is -0.311 e. The molecule has 1 aliphatic heterocycles. The quantitative estimate of drug-likeness (QED) is 0.727. The number of halogens is 2. The van der Waals surface area contributed by atoms with Gasteiger partial charge in [0.2, 0.25) is 5.91 Å². The molecule has 0 N–H and O–H groups in total. The first kappa shape index (κ1) is 11.6. The predicted octanol–water partition coefficient (Wildman–Crippen LogP) is 2.89. The van der Waals surface area contributed by atoms with E-state index in [0.29, 0.717) is 12.2 Å². The summed E-state index contributed by atoms with van der Waals surface area (Å²) in [4.78, 5) is 13.7. The molecule has 0 saturated carbocycles. The van der Waals surface area contributed by atoms with Gasteiger partial charge in [0.05, 0.1) is 4.32 Å². The van der Waals surface area contributed by atoms with E-state index in [2.05, 4.69) is 15.9 Å². The molecule has 2 nitrogen and oxygen atoms in total. The van der Waals surface area contributed by atoms with Gasteiger partial charge in [-0.15, -0.1) is 0 Å². The first-order valence-electron chi connectivity index (χ1n) is 5.19. The number of rotatable bonds is 1. The Labute approximate surface area is 103 Å². The number of amides is 1. The van der Waals surface area contributed by atoms with Crippen molar-refractivity contribution in [2.45, 2.75) is 24.6 Å². The lowest BCUT2D eigenvalue weighted by atomic mass is 10.1. The molecule has 0 atom stereocenters. The van der Waals surface area contributed by atoms with Crippen molar-refractivity contribution < 1.29 is 9.18 Å². The third kappa shape index (κ3) is 1.98. The third-order valence-electron chi connectivity index (χ3n) is 2.70. The highest BCUT2D eigenvalue weighted by atomic mass is 79.9. The Morgan fingerprint density at radius 1 is 1.50 bits per heavy atom. The number of alkyl halides is 1. The van der Waals surface area contributed by atoms with Crippen molar-refractivity contribution >= 4 is 27.5 Å². The molecule has 1 amide bonds. The smallest absolute Gasteiger partial charge is 0.243 e. The van der Waals surface area contributed by atoms with E-state index in [1.54, 1.807) is 24.8 Å². The van der Waals surface area contributed by atoms with Crippen LogP contribution in [0.3, 0.4) is 0 Å². The number of nitrogens with zero attached hydrogens (tertiary/aromatic N) is 1. The Morgan fingerprint density at radius 3 is 2.81 bits per heavy atom. The standard InChI is InChI=1S/C12H13BrFNO/c1-12(2,13)11(16)15-6-5-8-3-4-9(14)7-10(8)15/h3-4,7H,5-6H2,1-2H3. The van der Waals surface area contributed by atoms with Crippen LogP contribution < -0.4 is 4.90 Å². The van der Waals surface area contributed by atoms with E-state index >= 15 is 0 Å². The summed E-state index contributed by atoms with van der Waals surface area (Å²) in [5.74, 6) is -0.331. The van der Waals surface area contributed by atoms with Gasteiger partial charge in [-0.2, -0.15) is 0 Å². The fraction of sp³-hybridized carbons (Fsp3) is 0.417. The molecule has 1 aliphatic rings. The van der Waals surface area contributed by atoms with Crippen LogP contribution in [0.2, 0.25) is 0 Å². The highest BCUT2D eigenvalue weighted by Gasteiger charge is 2.33. The molecule has 0 radical (unpaired) electrons. The molecule has 86 valence electrons. The zero-order chi connectivity index (χ0) is 11.9. The van der Waals surface area contributed by atoms with Gasteiger partial charge in [0.15, 0.2) is 0 Å². The largest absolute Gasteiger partial charge is 0.311 e. The lowest BCUT2D eigenvalue weighted by Crippen LogP contribution is -2.40. The highest BCUT2D eigenvalue weighted by Crippen LogP contribution is 2.32. The molecule has 0 unspecified atom stereocenters. The normalized spacial score (nSPS) is 15.1. The topological polar surface area (TPSA) is 20.3 Å². The Morgan fingerprint density at radius 2 is 2.19 bits per heavy atom. The van der Waals surface area contributed by atoms with Crippen molar-refractivity contribution in [3.05, 3.63) is 29.6 Å². The molecule has 0 aliphatic carbocycles. The number of anilines is 1. The zero-order valence-corrected chi connectivity index (χ0v) is 10.8. The molecule has 4 heteroatoms. The fourth-order valence-corrected chi connectivity index (χ4v) is 2.10. The van der Waals surface area contributed by atoms with Crippen molar-refractivity contribution in [2.75, 3.05) is 11.4 Å². The van der Waals surface area contributed by atoms with Gasteiger partial charge < -0.3 is 4.90 Å². The molecule has 2 rings (SSSR count). The van der Waals surface area contributed by atoms with Gasteiger partial charge >= 0.3 is 0 Å². The van der Waals surface area contributed by atoms with Gasteiger partial charge in [0, 0.05) is 12.2 Å². The average Bonchev–Trinajstić information content (AvgIpc) is 2.57. The van der Waals surface area contributed by atoms with Crippen LogP contribution in [0.4, 0.5) is 10.1 Å². The highest BCUT2D eigenvalue weighted by molar-refractivity contribution is 9.10. The van der Waals surface area contributed by atoms with Crippen molar-refractivity contribution in [3.8, 4) is 0 Å². The van der Waals surface area contributed by atoms with E-state index in [1.165, 1.54) is 12.1 Å². The summed E-state index contributed by atoms with van der Waals surface area (Å²) in [5, 5.41) is 0. The van der Waals surface area contributed by atoms with Crippen molar-refractivity contribution in [3.63, 3.8) is 0 Å². The van der Waals surface area contributed by atoms with Crippen LogP contribution >= 0.6 is 15.9 Å². The molecule has 1 aromatic carbocycles. The zero-order valence-electron chi connectivity index (χ0n) is 9.26. The van der Waals surface area contributed by atoms with E-state index in [9.17, 15) is 9.18 Å². The van der Waals surface area contributed by atoms with Crippen LogP contribution in [0.15, 0.2) is 18.2 Å². The summed E-state index contributed by atoms with van der Waals surface area (Å²) >= 11 is 3.34. The van der Waals surface area contributed by atoms with E-state index < -0.39 is 4.32 Å². The van der Waals surface area contributed by atoms with Gasteiger partial charge in [-0.05, 0) is 38.0 Å². The van der Waals surface area contributed by atoms with Crippen LogP contribution in [0.1, 0.15) is 19.4 Å². The molecule has 1 aromatic rings. The first-order valence-corrected chi connectivity index (χ1v) is 5.98. The second kappa shape index (κ2) is 3.84. The first-order chi connectivity index (χ1) is 7.39. The van der Waals surface area contributed by atoms with E-state index in [1.807, 2.05) is 0 Å². The van der Waals surface area contributed by atoms with Crippen molar-refractivity contribution in [1.82, 2.24) is 0 Å². The summed E-state index contributed by atoms with van der Waals surface area (Å²) in [6.07, 6.45) is 0.796. The van der Waals surface area contributed by atoms with Crippen molar-refractivity contribution in [1.29, 1.82) is 0 Å². The SMILES string of the molecule is CC(C)(Br)C(=O)N1CCc2ccc(F)cc21. The van der Waals surface area contributed by atoms with E-state index in [4.69, 9.17) is 0 Å². The van der Waals surface area contributed by atoms with Crippen LogP contribution in [-0.4, -0.2) is 16.8 Å². The Bertz CT molecular complexity index is 439. The van der Waals surface area contributed by atoms with Gasteiger partial charge in [-0.3, -0.25) is 4.79 Å². The average molecular weight is 286 g/mol. The number of fused-ring (bicyclic) bond motifs is 1. The number of carbonyl (C=O) groups is 1. The molecule has 16 heavy (non-hydrogen) atoms. The van der Waals surface area contributed by atoms with Crippen LogP contribution in [-0.2, 0) is 11.2 Å². The maximum Gasteiger partial charge on any atom is 0.243 e. The van der Waals surface area contributed by atoms with Crippen LogP contribution in [0.25, 0.3) is 0 Å². The van der Waals surface area contributed by atoms with Crippen LogP contribution in [0.5, 0.6) is 0 Å². The number of carbonyl (C=O) groups excluding carboxylic acids is 1. The third-order valence-corrected chi connectivity index (χ3v) is 3.04. The molecule has 0 bridgehead atoms. The van der Waals surface area contributed by atoms with Gasteiger partial charge in [-0.1, -0.05) is 22.0 Å². The molecule has 0 saturated heterocycles. The van der Waals surface area contributed by atoms with E-state index in [0.717, 1.165) is 12.0 Å². The van der Waals surface area contributed by atoms with E-state index in [-0.39, 0.29) is 11.7 Å². The maximum absolute atomic E-state index is 13.1. The Kier molecular flexibility index (Phi) is 2.78. The molecular weight excluding hydrogens is 273 g/mol. The summed E-state index contributed by atoms with van der Waals surface area (Å²) in [6.45, 7) is 4.23. The summed E-state index contributed by atoms with van der Waals surface area (Å²) < 4.78 is 12.5. The lowest BCUT2D eigenvalue weighted by Gasteiger charge is -2.24. The monoisotopic (exact) mass is 285 g/mol. The summed E-state index contributed by atoms with van der Waals surface area (Å²) in [6, 6.07) is 4.62. The minimum atomic E-state index is -0.610. The van der Waals surface area contributed by atoms with Crippen molar-refractivity contribution in [2.24, 2.45) is 0 Å². The number of hydrogen-bond donors (Lipinski definition) is 0. The Balaban J connectivity index is 2.37.